The van der Waals surface area contributed by atoms with Crippen LogP contribution in [0.4, 0.5) is 0 Å². The second-order valence-corrected chi connectivity index (χ2v) is 4.83. The van der Waals surface area contributed by atoms with Crippen LogP contribution in [0.1, 0.15) is 12.8 Å². The van der Waals surface area contributed by atoms with Crippen molar-refractivity contribution in [2.45, 2.75) is 12.8 Å². The fraction of sp³-hybridized carbons (Fsp3) is 0.167. The van der Waals surface area contributed by atoms with Gasteiger partial charge in [0.05, 0.1) is 16.5 Å². The minimum Gasteiger partial charge on any atom is -0.478 e. The lowest BCUT2D eigenvalue weighted by Gasteiger charge is -2.08. The summed E-state index contributed by atoms with van der Waals surface area (Å²) in [4.78, 5) is 22.0. The zero-order valence-electron chi connectivity index (χ0n) is 9.58. The van der Waals surface area contributed by atoms with Crippen LogP contribution in [-0.4, -0.2) is 17.0 Å². The van der Waals surface area contributed by atoms with Gasteiger partial charge in [0.15, 0.2) is 5.75 Å². The maximum absolute atomic E-state index is 11.5. The number of carbonyl (C=O) groups is 2. The Balaban J connectivity index is 2.68. The van der Waals surface area contributed by atoms with Crippen molar-refractivity contribution in [3.8, 4) is 5.75 Å². The zero-order valence-corrected chi connectivity index (χ0v) is 11.8. The highest BCUT2D eigenvalue weighted by Gasteiger charge is 2.15. The molecule has 0 spiro atoms. The summed E-state index contributed by atoms with van der Waals surface area (Å²) in [7, 11) is 0. The first-order valence-corrected chi connectivity index (χ1v) is 6.21. The SMILES string of the molecule is C=C(CCC(=O)Oc1c(Cl)cc(Cl)cc1Cl)C(=O)O. The molecule has 0 aliphatic carbocycles. The van der Waals surface area contributed by atoms with E-state index in [2.05, 4.69) is 6.58 Å². The molecule has 0 aliphatic rings. The quantitative estimate of drug-likeness (QED) is 0.506. The molecule has 102 valence electrons. The highest BCUT2D eigenvalue weighted by atomic mass is 35.5. The van der Waals surface area contributed by atoms with Gasteiger partial charge in [0.1, 0.15) is 0 Å². The van der Waals surface area contributed by atoms with Crippen LogP contribution in [0.25, 0.3) is 0 Å². The van der Waals surface area contributed by atoms with Gasteiger partial charge in [-0.1, -0.05) is 41.4 Å². The Morgan fingerprint density at radius 1 is 1.16 bits per heavy atom. The molecule has 0 unspecified atom stereocenters. The third kappa shape index (κ3) is 4.74. The Morgan fingerprint density at radius 2 is 1.68 bits per heavy atom. The third-order valence-corrected chi connectivity index (χ3v) is 2.89. The predicted molar refractivity (Wildman–Crippen MR) is 73.1 cm³/mol. The first kappa shape index (κ1) is 15.8. The average Bonchev–Trinajstić information content (AvgIpc) is 2.30. The van der Waals surface area contributed by atoms with Crippen LogP contribution in [-0.2, 0) is 9.59 Å². The Labute approximate surface area is 124 Å². The summed E-state index contributed by atoms with van der Waals surface area (Å²) in [6.45, 7) is 3.30. The highest BCUT2D eigenvalue weighted by Crippen LogP contribution is 2.36. The molecule has 0 fully saturated rings. The number of hydrogen-bond donors (Lipinski definition) is 1. The summed E-state index contributed by atoms with van der Waals surface area (Å²) in [5.41, 5.74) is -0.0785. The molecule has 7 heteroatoms. The van der Waals surface area contributed by atoms with Crippen LogP contribution in [0.2, 0.25) is 15.1 Å². The number of rotatable bonds is 5. The fourth-order valence-electron chi connectivity index (χ4n) is 1.15. The Morgan fingerprint density at radius 3 is 2.16 bits per heavy atom. The second kappa shape index (κ2) is 6.80. The van der Waals surface area contributed by atoms with Crippen LogP contribution in [0.3, 0.4) is 0 Å². The van der Waals surface area contributed by atoms with Crippen LogP contribution in [0.5, 0.6) is 5.75 Å². The lowest BCUT2D eigenvalue weighted by Crippen LogP contribution is -2.10. The lowest BCUT2D eigenvalue weighted by atomic mass is 10.2. The molecule has 0 aromatic heterocycles. The van der Waals surface area contributed by atoms with E-state index in [0.717, 1.165) is 0 Å². The maximum Gasteiger partial charge on any atom is 0.330 e. The van der Waals surface area contributed by atoms with Crippen molar-refractivity contribution < 1.29 is 19.4 Å². The number of hydrogen-bond acceptors (Lipinski definition) is 3. The van der Waals surface area contributed by atoms with Crippen molar-refractivity contribution >= 4 is 46.7 Å². The fourth-order valence-corrected chi connectivity index (χ4v) is 2.05. The molecule has 4 nitrogen and oxygen atoms in total. The second-order valence-electron chi connectivity index (χ2n) is 3.58. The number of aliphatic carboxylic acids is 1. The standard InChI is InChI=1S/C12H9Cl3O4/c1-6(12(17)18)2-3-10(16)19-11-8(14)4-7(13)5-9(11)15/h4-5H,1-3H2,(H,17,18). The van der Waals surface area contributed by atoms with Crippen molar-refractivity contribution in [1.82, 2.24) is 0 Å². The number of carboxylic acid groups (broad SMARTS) is 1. The van der Waals surface area contributed by atoms with E-state index in [9.17, 15) is 9.59 Å². The lowest BCUT2D eigenvalue weighted by molar-refractivity contribution is -0.134. The first-order chi connectivity index (χ1) is 8.81. The topological polar surface area (TPSA) is 63.6 Å². The minimum atomic E-state index is -1.16. The number of esters is 1. The molecule has 1 rings (SSSR count). The molecule has 0 radical (unpaired) electrons. The summed E-state index contributed by atoms with van der Waals surface area (Å²) in [5, 5.41) is 9.11. The molecular weight excluding hydrogens is 314 g/mol. The smallest absolute Gasteiger partial charge is 0.330 e. The van der Waals surface area contributed by atoms with Crippen molar-refractivity contribution in [2.75, 3.05) is 0 Å². The normalized spacial score (nSPS) is 10.1. The Kier molecular flexibility index (Phi) is 5.66. The van der Waals surface area contributed by atoms with E-state index in [-0.39, 0.29) is 34.2 Å². The van der Waals surface area contributed by atoms with E-state index in [1.165, 1.54) is 12.1 Å². The van der Waals surface area contributed by atoms with Gasteiger partial charge in [-0.15, -0.1) is 0 Å². The van der Waals surface area contributed by atoms with Gasteiger partial charge in [0, 0.05) is 10.6 Å². The zero-order chi connectivity index (χ0) is 14.6. The highest BCUT2D eigenvalue weighted by molar-refractivity contribution is 6.40. The number of halogens is 3. The molecule has 0 saturated heterocycles. The molecule has 0 bridgehead atoms. The minimum absolute atomic E-state index is 0.00123. The van der Waals surface area contributed by atoms with Crippen LogP contribution in [0.15, 0.2) is 24.3 Å². The Hall–Kier alpha value is -1.23. The number of ether oxygens (including phenoxy) is 1. The molecule has 1 aromatic carbocycles. The predicted octanol–water partition coefficient (Wildman–Crippen LogP) is 3.97. The van der Waals surface area contributed by atoms with Gasteiger partial charge in [0.2, 0.25) is 0 Å². The molecule has 0 atom stereocenters. The van der Waals surface area contributed by atoms with Crippen LogP contribution in [0, 0.1) is 0 Å². The maximum atomic E-state index is 11.5. The Bertz CT molecular complexity index is 517. The molecule has 19 heavy (non-hydrogen) atoms. The van der Waals surface area contributed by atoms with E-state index in [4.69, 9.17) is 44.6 Å². The summed E-state index contributed by atoms with van der Waals surface area (Å²) in [5.74, 6) is -1.82. The number of carbonyl (C=O) groups excluding carboxylic acids is 1. The first-order valence-electron chi connectivity index (χ1n) is 5.07. The van der Waals surface area contributed by atoms with E-state index in [0.29, 0.717) is 5.02 Å². The largest absolute Gasteiger partial charge is 0.478 e. The molecule has 1 N–H and O–H groups in total. The molecule has 0 aliphatic heterocycles. The van der Waals surface area contributed by atoms with E-state index < -0.39 is 11.9 Å². The van der Waals surface area contributed by atoms with Gasteiger partial charge < -0.3 is 9.84 Å². The summed E-state index contributed by atoms with van der Waals surface area (Å²) in [6.07, 6.45) is -0.155. The summed E-state index contributed by atoms with van der Waals surface area (Å²) >= 11 is 17.4. The van der Waals surface area contributed by atoms with Crippen LogP contribution >= 0.6 is 34.8 Å². The monoisotopic (exact) mass is 322 g/mol. The van der Waals surface area contributed by atoms with Gasteiger partial charge in [0.25, 0.3) is 0 Å². The molecule has 0 heterocycles. The average molecular weight is 324 g/mol. The van der Waals surface area contributed by atoms with Crippen LogP contribution < -0.4 is 4.74 Å². The number of carboxylic acids is 1. The van der Waals surface area contributed by atoms with E-state index in [1.54, 1.807) is 0 Å². The van der Waals surface area contributed by atoms with Gasteiger partial charge in [-0.3, -0.25) is 4.79 Å². The number of benzene rings is 1. The van der Waals surface area contributed by atoms with Gasteiger partial charge in [-0.25, -0.2) is 4.79 Å². The molecule has 0 amide bonds. The van der Waals surface area contributed by atoms with Crippen molar-refractivity contribution in [1.29, 1.82) is 0 Å². The summed E-state index contributed by atoms with van der Waals surface area (Å²) in [6, 6.07) is 2.77. The molecular formula is C12H9Cl3O4. The van der Waals surface area contributed by atoms with E-state index >= 15 is 0 Å². The van der Waals surface area contributed by atoms with Crippen molar-refractivity contribution in [2.24, 2.45) is 0 Å². The van der Waals surface area contributed by atoms with Gasteiger partial charge in [-0.05, 0) is 18.6 Å². The van der Waals surface area contributed by atoms with Crippen molar-refractivity contribution in [3.63, 3.8) is 0 Å². The molecule has 1 aromatic rings. The van der Waals surface area contributed by atoms with Crippen molar-refractivity contribution in [3.05, 3.63) is 39.4 Å². The van der Waals surface area contributed by atoms with E-state index in [1.807, 2.05) is 0 Å². The molecule has 0 saturated carbocycles. The third-order valence-electron chi connectivity index (χ3n) is 2.11. The summed E-state index contributed by atoms with van der Waals surface area (Å²) < 4.78 is 4.97. The van der Waals surface area contributed by atoms with Gasteiger partial charge in [-0.2, -0.15) is 0 Å². The van der Waals surface area contributed by atoms with Gasteiger partial charge >= 0.3 is 11.9 Å².